The maximum absolute atomic E-state index is 12.9. The number of aryl methyl sites for hydroxylation is 1. The second-order valence-electron chi connectivity index (χ2n) is 10.1. The van der Waals surface area contributed by atoms with Crippen LogP contribution in [0.15, 0.2) is 24.3 Å². The smallest absolute Gasteiger partial charge is 0.410 e. The fourth-order valence-corrected chi connectivity index (χ4v) is 6.12. The number of rotatable bonds is 3. The van der Waals surface area contributed by atoms with Crippen LogP contribution in [0.2, 0.25) is 5.02 Å². The molecule has 0 spiro atoms. The van der Waals surface area contributed by atoms with Crippen molar-refractivity contribution in [3.63, 3.8) is 0 Å². The SMILES string of the molecule is Cc1cc(-c2ccc(C3CCN(C(=O)OC(C)(C)C)CC3)cc2Cl)sc1C(=O)N1CCCC1. The number of carbonyl (C=O) groups excluding carboxylic acids is 2. The second-order valence-corrected chi connectivity index (χ2v) is 11.6. The van der Waals surface area contributed by atoms with E-state index >= 15 is 0 Å². The Labute approximate surface area is 205 Å². The summed E-state index contributed by atoms with van der Waals surface area (Å²) in [7, 11) is 0. The quantitative estimate of drug-likeness (QED) is 0.481. The van der Waals surface area contributed by atoms with E-state index in [2.05, 4.69) is 24.3 Å². The van der Waals surface area contributed by atoms with Gasteiger partial charge in [0.2, 0.25) is 0 Å². The van der Waals surface area contributed by atoms with Crippen molar-refractivity contribution < 1.29 is 14.3 Å². The number of piperidine rings is 1. The van der Waals surface area contributed by atoms with Crippen LogP contribution in [0.3, 0.4) is 0 Å². The highest BCUT2D eigenvalue weighted by molar-refractivity contribution is 7.17. The Morgan fingerprint density at radius 2 is 1.70 bits per heavy atom. The van der Waals surface area contributed by atoms with Crippen LogP contribution in [-0.2, 0) is 4.74 Å². The van der Waals surface area contributed by atoms with Crippen molar-refractivity contribution in [1.82, 2.24) is 9.80 Å². The zero-order valence-corrected chi connectivity index (χ0v) is 21.5. The minimum absolute atomic E-state index is 0.144. The van der Waals surface area contributed by atoms with E-state index < -0.39 is 5.60 Å². The lowest BCUT2D eigenvalue weighted by Gasteiger charge is -2.33. The number of halogens is 1. The molecule has 0 unspecified atom stereocenters. The molecule has 5 nitrogen and oxygen atoms in total. The summed E-state index contributed by atoms with van der Waals surface area (Å²) in [6.07, 6.45) is 3.73. The topological polar surface area (TPSA) is 49.9 Å². The van der Waals surface area contributed by atoms with Crippen molar-refractivity contribution in [2.75, 3.05) is 26.2 Å². The predicted octanol–water partition coefficient (Wildman–Crippen LogP) is 6.73. The summed E-state index contributed by atoms with van der Waals surface area (Å²) in [5.41, 5.74) is 2.71. The largest absolute Gasteiger partial charge is 0.444 e. The van der Waals surface area contributed by atoms with Crippen LogP contribution >= 0.6 is 22.9 Å². The molecule has 0 bridgehead atoms. The molecule has 33 heavy (non-hydrogen) atoms. The van der Waals surface area contributed by atoms with E-state index in [1.807, 2.05) is 32.6 Å². The lowest BCUT2D eigenvalue weighted by molar-refractivity contribution is 0.0204. The van der Waals surface area contributed by atoms with Gasteiger partial charge in [0.15, 0.2) is 0 Å². The number of hydrogen-bond donors (Lipinski definition) is 0. The van der Waals surface area contributed by atoms with Crippen molar-refractivity contribution in [2.45, 2.75) is 64.9 Å². The first kappa shape index (κ1) is 24.1. The molecule has 0 saturated carbocycles. The van der Waals surface area contributed by atoms with Crippen molar-refractivity contribution in [3.8, 4) is 10.4 Å². The van der Waals surface area contributed by atoms with E-state index in [0.29, 0.717) is 24.0 Å². The molecule has 7 heteroatoms. The summed E-state index contributed by atoms with van der Waals surface area (Å²) >= 11 is 8.27. The summed E-state index contributed by atoms with van der Waals surface area (Å²) in [6, 6.07) is 8.36. The predicted molar refractivity (Wildman–Crippen MR) is 134 cm³/mol. The molecule has 0 atom stereocenters. The summed E-state index contributed by atoms with van der Waals surface area (Å²) in [5, 5.41) is 0.712. The second kappa shape index (κ2) is 9.67. The van der Waals surface area contributed by atoms with Gasteiger partial charge in [0, 0.05) is 41.6 Å². The zero-order chi connectivity index (χ0) is 23.8. The van der Waals surface area contributed by atoms with Gasteiger partial charge in [-0.1, -0.05) is 23.7 Å². The first-order valence-electron chi connectivity index (χ1n) is 11.8. The van der Waals surface area contributed by atoms with Gasteiger partial charge < -0.3 is 14.5 Å². The zero-order valence-electron chi connectivity index (χ0n) is 19.9. The van der Waals surface area contributed by atoms with Crippen molar-refractivity contribution in [2.24, 2.45) is 0 Å². The summed E-state index contributed by atoms with van der Waals surface area (Å²) in [4.78, 5) is 30.8. The Kier molecular flexibility index (Phi) is 7.06. The number of thiophene rings is 1. The minimum atomic E-state index is -0.476. The normalized spacial score (nSPS) is 17.5. The van der Waals surface area contributed by atoms with Gasteiger partial charge in [-0.3, -0.25) is 4.79 Å². The monoisotopic (exact) mass is 488 g/mol. The maximum atomic E-state index is 12.9. The first-order chi connectivity index (χ1) is 15.6. The van der Waals surface area contributed by atoms with E-state index in [9.17, 15) is 9.59 Å². The fraction of sp³-hybridized carbons (Fsp3) is 0.538. The van der Waals surface area contributed by atoms with E-state index in [4.69, 9.17) is 16.3 Å². The highest BCUT2D eigenvalue weighted by atomic mass is 35.5. The van der Waals surface area contributed by atoms with Gasteiger partial charge in [0.1, 0.15) is 5.60 Å². The van der Waals surface area contributed by atoms with E-state index in [1.54, 1.807) is 4.90 Å². The molecule has 2 fully saturated rings. The molecule has 0 aliphatic carbocycles. The molecule has 2 aliphatic heterocycles. The molecular formula is C26H33ClN2O3S. The Bertz CT molecular complexity index is 1030. The summed E-state index contributed by atoms with van der Waals surface area (Å²) < 4.78 is 5.50. The molecule has 1 aromatic heterocycles. The van der Waals surface area contributed by atoms with Crippen LogP contribution in [-0.4, -0.2) is 53.6 Å². The van der Waals surface area contributed by atoms with Gasteiger partial charge in [-0.2, -0.15) is 0 Å². The average Bonchev–Trinajstić information content (AvgIpc) is 3.42. The lowest BCUT2D eigenvalue weighted by atomic mass is 9.89. The molecule has 2 amide bonds. The summed E-state index contributed by atoms with van der Waals surface area (Å²) in [6.45, 7) is 10.8. The molecule has 2 aliphatic rings. The van der Waals surface area contributed by atoms with Crippen LogP contribution in [0.1, 0.15) is 73.2 Å². The molecule has 0 radical (unpaired) electrons. The van der Waals surface area contributed by atoms with Crippen molar-refractivity contribution in [3.05, 3.63) is 45.3 Å². The Balaban J connectivity index is 1.43. The lowest BCUT2D eigenvalue weighted by Crippen LogP contribution is -2.41. The number of ether oxygens (including phenoxy) is 1. The Hall–Kier alpha value is -2.05. The van der Waals surface area contributed by atoms with Crippen LogP contribution in [0.25, 0.3) is 10.4 Å². The Morgan fingerprint density at radius 3 is 2.30 bits per heavy atom. The van der Waals surface area contributed by atoms with Gasteiger partial charge in [0.25, 0.3) is 5.91 Å². The third-order valence-corrected chi connectivity index (χ3v) is 7.95. The molecule has 2 aromatic rings. The van der Waals surface area contributed by atoms with Gasteiger partial charge in [0.05, 0.1) is 4.88 Å². The van der Waals surface area contributed by atoms with Crippen molar-refractivity contribution >= 4 is 34.9 Å². The van der Waals surface area contributed by atoms with Crippen LogP contribution in [0.5, 0.6) is 0 Å². The third-order valence-electron chi connectivity index (χ3n) is 6.38. The molecular weight excluding hydrogens is 456 g/mol. The Morgan fingerprint density at radius 1 is 1.03 bits per heavy atom. The van der Waals surface area contributed by atoms with Crippen LogP contribution in [0, 0.1) is 6.92 Å². The summed E-state index contributed by atoms with van der Waals surface area (Å²) in [5.74, 6) is 0.512. The van der Waals surface area contributed by atoms with Gasteiger partial charge in [-0.25, -0.2) is 4.79 Å². The minimum Gasteiger partial charge on any atom is -0.444 e. The number of amides is 2. The molecule has 4 rings (SSSR count). The van der Waals surface area contributed by atoms with E-state index in [0.717, 1.165) is 59.7 Å². The molecule has 2 saturated heterocycles. The third kappa shape index (κ3) is 5.55. The van der Waals surface area contributed by atoms with Crippen LogP contribution < -0.4 is 0 Å². The number of nitrogens with zero attached hydrogens (tertiary/aromatic N) is 2. The molecule has 0 N–H and O–H groups in total. The van der Waals surface area contributed by atoms with Gasteiger partial charge in [-0.05, 0) is 82.6 Å². The first-order valence-corrected chi connectivity index (χ1v) is 13.0. The van der Waals surface area contributed by atoms with Gasteiger partial charge in [-0.15, -0.1) is 11.3 Å². The van der Waals surface area contributed by atoms with Crippen molar-refractivity contribution in [1.29, 1.82) is 0 Å². The number of carbonyl (C=O) groups is 2. The molecule has 1 aromatic carbocycles. The number of hydrogen-bond acceptors (Lipinski definition) is 4. The highest BCUT2D eigenvalue weighted by Crippen LogP contribution is 2.39. The fourth-order valence-electron chi connectivity index (χ4n) is 4.60. The van der Waals surface area contributed by atoms with Crippen LogP contribution in [0.4, 0.5) is 4.79 Å². The van der Waals surface area contributed by atoms with E-state index in [1.165, 1.54) is 16.9 Å². The average molecular weight is 489 g/mol. The number of likely N-dealkylation sites (tertiary alicyclic amines) is 2. The molecule has 3 heterocycles. The number of benzene rings is 1. The van der Waals surface area contributed by atoms with E-state index in [-0.39, 0.29) is 12.0 Å². The standard InChI is InChI=1S/C26H33ClN2O3S/c1-17-15-22(33-23(17)24(30)28-11-5-6-12-28)20-8-7-19(16-21(20)27)18-9-13-29(14-10-18)25(31)32-26(2,3)4/h7-8,15-16,18H,5-6,9-14H2,1-4H3. The molecule has 178 valence electrons. The highest BCUT2D eigenvalue weighted by Gasteiger charge is 2.28. The maximum Gasteiger partial charge on any atom is 0.410 e. The van der Waals surface area contributed by atoms with Gasteiger partial charge >= 0.3 is 6.09 Å².